The van der Waals surface area contributed by atoms with Crippen molar-refractivity contribution in [2.75, 3.05) is 7.11 Å². The van der Waals surface area contributed by atoms with Crippen LogP contribution in [0.25, 0.3) is 0 Å². The highest BCUT2D eigenvalue weighted by molar-refractivity contribution is 6.30. The number of allylic oxidation sites excluding steroid dienone is 3. The fraction of sp³-hybridized carbons (Fsp3) is 0.250. The van der Waals surface area contributed by atoms with Gasteiger partial charge in [0.15, 0.2) is 17.3 Å². The summed E-state index contributed by atoms with van der Waals surface area (Å²) in [7, 11) is 1.55. The molecule has 158 valence electrons. The van der Waals surface area contributed by atoms with Crippen molar-refractivity contribution in [1.29, 1.82) is 5.26 Å². The summed E-state index contributed by atoms with van der Waals surface area (Å²) in [6, 6.07) is 14.9. The Bertz CT molecular complexity index is 1130. The summed E-state index contributed by atoms with van der Waals surface area (Å²) in [5, 5.41) is 10.4. The number of nitriles is 1. The van der Waals surface area contributed by atoms with E-state index in [9.17, 15) is 10.1 Å². The first-order chi connectivity index (χ1) is 15.0. The van der Waals surface area contributed by atoms with Crippen molar-refractivity contribution in [2.45, 2.75) is 31.8 Å². The summed E-state index contributed by atoms with van der Waals surface area (Å²) in [5.74, 6) is 1.05. The second-order valence-electron chi connectivity index (χ2n) is 7.36. The van der Waals surface area contributed by atoms with Gasteiger partial charge in [0.25, 0.3) is 0 Å². The number of ether oxygens (including phenoxy) is 3. The molecule has 31 heavy (non-hydrogen) atoms. The molecule has 0 unspecified atom stereocenters. The van der Waals surface area contributed by atoms with Gasteiger partial charge in [0.2, 0.25) is 5.88 Å². The summed E-state index contributed by atoms with van der Waals surface area (Å²) >= 11 is 5.93. The van der Waals surface area contributed by atoms with Gasteiger partial charge in [-0.05, 0) is 41.8 Å². The normalized spacial score (nSPS) is 18.2. The molecule has 0 aromatic heterocycles. The average molecular weight is 437 g/mol. The Morgan fingerprint density at radius 2 is 1.97 bits per heavy atom. The van der Waals surface area contributed by atoms with Gasteiger partial charge in [-0.25, -0.2) is 0 Å². The van der Waals surface area contributed by atoms with Gasteiger partial charge >= 0.3 is 0 Å². The minimum atomic E-state index is -0.583. The van der Waals surface area contributed by atoms with Gasteiger partial charge in [-0.15, -0.1) is 0 Å². The zero-order valence-corrected chi connectivity index (χ0v) is 17.7. The van der Waals surface area contributed by atoms with Gasteiger partial charge in [-0.3, -0.25) is 4.79 Å². The van der Waals surface area contributed by atoms with E-state index in [0.29, 0.717) is 53.7 Å². The quantitative estimate of drug-likeness (QED) is 0.727. The van der Waals surface area contributed by atoms with Crippen LogP contribution in [-0.2, 0) is 16.1 Å². The standard InChI is InChI=1S/C24H21ClN2O4/c1-29-21-11-15(7-10-19(21)30-13-14-5-8-16(25)9-6-14)22-17(12-26)24(27)31-20-4-2-3-18(28)23(20)22/h5-11,22H,2-4,13,27H2,1H3/t22-/m1/s1. The molecule has 0 saturated carbocycles. The number of Topliss-reactive ketones (excluding diaryl/α,β-unsaturated/α-hetero) is 1. The van der Waals surface area contributed by atoms with E-state index in [0.717, 1.165) is 11.1 Å². The van der Waals surface area contributed by atoms with Gasteiger partial charge in [0.05, 0.1) is 13.0 Å². The van der Waals surface area contributed by atoms with Gasteiger partial charge in [-0.1, -0.05) is 29.8 Å². The largest absolute Gasteiger partial charge is 0.493 e. The number of carbonyl (C=O) groups excluding carboxylic acids is 1. The van der Waals surface area contributed by atoms with Crippen LogP contribution in [-0.4, -0.2) is 12.9 Å². The first-order valence-electron chi connectivity index (χ1n) is 9.90. The molecule has 2 aromatic carbocycles. The lowest BCUT2D eigenvalue weighted by Gasteiger charge is -2.31. The molecule has 4 rings (SSSR count). The topological polar surface area (TPSA) is 94.6 Å². The minimum Gasteiger partial charge on any atom is -0.493 e. The predicted molar refractivity (Wildman–Crippen MR) is 115 cm³/mol. The number of benzene rings is 2. The van der Waals surface area contributed by atoms with Crippen molar-refractivity contribution in [2.24, 2.45) is 5.73 Å². The van der Waals surface area contributed by atoms with Crippen molar-refractivity contribution in [3.63, 3.8) is 0 Å². The highest BCUT2D eigenvalue weighted by Crippen LogP contribution is 2.45. The molecule has 0 saturated heterocycles. The van der Waals surface area contributed by atoms with E-state index in [-0.39, 0.29) is 17.2 Å². The van der Waals surface area contributed by atoms with Gasteiger partial charge in [0.1, 0.15) is 24.0 Å². The summed E-state index contributed by atoms with van der Waals surface area (Å²) in [6.07, 6.45) is 1.76. The molecule has 1 atom stereocenters. The minimum absolute atomic E-state index is 0.0199. The number of ketones is 1. The van der Waals surface area contributed by atoms with Crippen LogP contribution in [0.5, 0.6) is 11.5 Å². The molecule has 0 fully saturated rings. The molecule has 1 heterocycles. The van der Waals surface area contributed by atoms with Crippen LogP contribution in [0.4, 0.5) is 0 Å². The molecule has 2 aliphatic rings. The van der Waals surface area contributed by atoms with Crippen LogP contribution >= 0.6 is 11.6 Å². The van der Waals surface area contributed by atoms with Crippen LogP contribution in [0.3, 0.4) is 0 Å². The summed E-state index contributed by atoms with van der Waals surface area (Å²) in [5.41, 5.74) is 8.44. The maximum atomic E-state index is 12.7. The number of hydrogen-bond donors (Lipinski definition) is 1. The molecule has 0 amide bonds. The first-order valence-corrected chi connectivity index (χ1v) is 10.3. The fourth-order valence-electron chi connectivity index (χ4n) is 3.91. The number of halogens is 1. The molecular weight excluding hydrogens is 416 g/mol. The van der Waals surface area contributed by atoms with E-state index in [2.05, 4.69) is 6.07 Å². The number of hydrogen-bond acceptors (Lipinski definition) is 6. The third-order valence-electron chi connectivity index (χ3n) is 5.43. The van der Waals surface area contributed by atoms with Crippen molar-refractivity contribution < 1.29 is 19.0 Å². The van der Waals surface area contributed by atoms with E-state index < -0.39 is 5.92 Å². The van der Waals surface area contributed by atoms with Gasteiger partial charge in [0, 0.05) is 23.4 Å². The van der Waals surface area contributed by atoms with Crippen LogP contribution in [0.15, 0.2) is 65.3 Å². The maximum absolute atomic E-state index is 12.7. The monoisotopic (exact) mass is 436 g/mol. The molecule has 1 aliphatic carbocycles. The molecule has 2 aromatic rings. The summed E-state index contributed by atoms with van der Waals surface area (Å²) in [6.45, 7) is 0.341. The molecule has 0 radical (unpaired) electrons. The van der Waals surface area contributed by atoms with E-state index in [1.165, 1.54) is 0 Å². The SMILES string of the molecule is COc1cc([C@@H]2C(C#N)=C(N)OC3=C2C(=O)CCC3)ccc1OCc1ccc(Cl)cc1. The summed E-state index contributed by atoms with van der Waals surface area (Å²) < 4.78 is 17.1. The first kappa shape index (κ1) is 20.8. The third kappa shape index (κ3) is 4.10. The second kappa shape index (κ2) is 8.75. The predicted octanol–water partition coefficient (Wildman–Crippen LogP) is 4.74. The zero-order valence-electron chi connectivity index (χ0n) is 17.0. The third-order valence-corrected chi connectivity index (χ3v) is 5.69. The smallest absolute Gasteiger partial charge is 0.205 e. The number of nitrogens with two attached hydrogens (primary N) is 1. The molecule has 7 heteroatoms. The van der Waals surface area contributed by atoms with Gasteiger partial charge in [-0.2, -0.15) is 5.26 Å². The van der Waals surface area contributed by atoms with Crippen molar-refractivity contribution in [3.05, 3.63) is 81.4 Å². The number of methoxy groups -OCH3 is 1. The molecular formula is C24H21ClN2O4. The van der Waals surface area contributed by atoms with Crippen LogP contribution < -0.4 is 15.2 Å². The maximum Gasteiger partial charge on any atom is 0.205 e. The van der Waals surface area contributed by atoms with Crippen LogP contribution in [0.1, 0.15) is 36.3 Å². The number of carbonyl (C=O) groups is 1. The Hall–Kier alpha value is -3.43. The lowest BCUT2D eigenvalue weighted by Crippen LogP contribution is -2.27. The fourth-order valence-corrected chi connectivity index (χ4v) is 4.04. The Balaban J connectivity index is 1.67. The van der Waals surface area contributed by atoms with E-state index in [1.807, 2.05) is 18.2 Å². The van der Waals surface area contributed by atoms with E-state index in [4.69, 9.17) is 31.5 Å². The Kier molecular flexibility index (Phi) is 5.88. The molecule has 0 bridgehead atoms. The number of nitrogens with zero attached hydrogens (tertiary/aromatic N) is 1. The molecule has 6 nitrogen and oxygen atoms in total. The van der Waals surface area contributed by atoms with Crippen molar-refractivity contribution >= 4 is 17.4 Å². The highest BCUT2D eigenvalue weighted by atomic mass is 35.5. The Morgan fingerprint density at radius 3 is 2.68 bits per heavy atom. The van der Waals surface area contributed by atoms with Crippen molar-refractivity contribution in [1.82, 2.24) is 0 Å². The zero-order chi connectivity index (χ0) is 22.0. The lowest BCUT2D eigenvalue weighted by atomic mass is 9.77. The Morgan fingerprint density at radius 1 is 1.19 bits per heavy atom. The van der Waals surface area contributed by atoms with Crippen molar-refractivity contribution in [3.8, 4) is 17.6 Å². The summed E-state index contributed by atoms with van der Waals surface area (Å²) in [4.78, 5) is 12.7. The molecule has 1 aliphatic heterocycles. The van der Waals surface area contributed by atoms with Crippen LogP contribution in [0.2, 0.25) is 5.02 Å². The van der Waals surface area contributed by atoms with Crippen LogP contribution in [0, 0.1) is 11.3 Å². The lowest BCUT2D eigenvalue weighted by molar-refractivity contribution is -0.116. The molecule has 0 spiro atoms. The highest BCUT2D eigenvalue weighted by Gasteiger charge is 2.38. The van der Waals surface area contributed by atoms with E-state index in [1.54, 1.807) is 31.4 Å². The second-order valence-corrected chi connectivity index (χ2v) is 7.80. The molecule has 2 N–H and O–H groups in total. The van der Waals surface area contributed by atoms with Gasteiger partial charge < -0.3 is 19.9 Å². The average Bonchev–Trinajstić information content (AvgIpc) is 2.78. The Labute approximate surface area is 185 Å². The number of rotatable bonds is 5. The van der Waals surface area contributed by atoms with E-state index >= 15 is 0 Å².